The van der Waals surface area contributed by atoms with Gasteiger partial charge in [-0.3, -0.25) is 4.79 Å². The van der Waals surface area contributed by atoms with Crippen LogP contribution in [0.25, 0.3) is 22.5 Å². The second-order valence-electron chi connectivity index (χ2n) is 8.53. The molecule has 7 nitrogen and oxygen atoms in total. The summed E-state index contributed by atoms with van der Waals surface area (Å²) in [7, 11) is 3.63. The number of imidazole rings is 1. The molecule has 2 atom stereocenters. The Morgan fingerprint density at radius 3 is 2.69 bits per heavy atom. The summed E-state index contributed by atoms with van der Waals surface area (Å²) in [5.41, 5.74) is 11.1. The maximum absolute atomic E-state index is 12.8. The number of carbonyl (C=O) groups excluding carboxylic acids is 2. The summed E-state index contributed by atoms with van der Waals surface area (Å²) in [5, 5.41) is 1.98. The molecular weight excluding hydrogens is 402 g/mol. The molecule has 1 aliphatic rings. The zero-order valence-electron chi connectivity index (χ0n) is 19.4. The zero-order valence-corrected chi connectivity index (χ0v) is 19.4. The fourth-order valence-corrected chi connectivity index (χ4v) is 4.28. The lowest BCUT2D eigenvalue weighted by Gasteiger charge is -2.20. The molecular formula is C25H29N5O2. The summed E-state index contributed by atoms with van der Waals surface area (Å²) >= 11 is 0. The van der Waals surface area contributed by atoms with Crippen molar-refractivity contribution in [3.8, 4) is 11.3 Å². The van der Waals surface area contributed by atoms with Crippen LogP contribution in [0.3, 0.4) is 0 Å². The standard InChI is InChI=1S/C25H29N5O2/c1-15-8-7-9-20(21-13-28(5)27-17(21)3)23(15)24-18(4)30-11-10-19(12-22(30)26-24)25(32)29(6)16(2)14-31/h7-14,16-17,27H,1-6H3. The highest BCUT2D eigenvalue weighted by Crippen LogP contribution is 2.36. The summed E-state index contributed by atoms with van der Waals surface area (Å²) < 4.78 is 2.00. The van der Waals surface area contributed by atoms with Gasteiger partial charge in [0, 0.05) is 43.3 Å². The molecule has 1 amide bonds. The molecule has 0 fully saturated rings. The number of nitrogens with one attached hydrogen (secondary N) is 1. The van der Waals surface area contributed by atoms with Crippen LogP contribution >= 0.6 is 0 Å². The van der Waals surface area contributed by atoms with Crippen molar-refractivity contribution >= 4 is 23.4 Å². The highest BCUT2D eigenvalue weighted by molar-refractivity contribution is 5.96. The number of hydrazine groups is 1. The van der Waals surface area contributed by atoms with Gasteiger partial charge in [0.25, 0.3) is 5.91 Å². The lowest BCUT2D eigenvalue weighted by Crippen LogP contribution is -2.36. The van der Waals surface area contributed by atoms with Crippen molar-refractivity contribution in [3.63, 3.8) is 0 Å². The number of aldehydes is 1. The monoisotopic (exact) mass is 431 g/mol. The minimum Gasteiger partial charge on any atom is -0.332 e. The Hall–Kier alpha value is -3.45. The van der Waals surface area contributed by atoms with E-state index >= 15 is 0 Å². The Bertz CT molecular complexity index is 1240. The first-order valence-electron chi connectivity index (χ1n) is 10.7. The number of amides is 1. The van der Waals surface area contributed by atoms with E-state index in [4.69, 9.17) is 4.98 Å². The molecule has 166 valence electrons. The van der Waals surface area contributed by atoms with Crippen LogP contribution in [0.2, 0.25) is 0 Å². The first-order valence-corrected chi connectivity index (χ1v) is 10.7. The number of pyridine rings is 1. The topological polar surface area (TPSA) is 70.0 Å². The van der Waals surface area contributed by atoms with Crippen molar-refractivity contribution in [1.82, 2.24) is 24.7 Å². The van der Waals surface area contributed by atoms with Gasteiger partial charge in [-0.15, -0.1) is 0 Å². The summed E-state index contributed by atoms with van der Waals surface area (Å²) in [6.07, 6.45) is 4.76. The van der Waals surface area contributed by atoms with E-state index in [2.05, 4.69) is 43.7 Å². The van der Waals surface area contributed by atoms with Gasteiger partial charge in [-0.2, -0.15) is 0 Å². The average Bonchev–Trinajstić information content (AvgIpc) is 3.29. The molecule has 1 aromatic carbocycles. The molecule has 0 bridgehead atoms. The van der Waals surface area contributed by atoms with Crippen LogP contribution in [0.1, 0.15) is 41.0 Å². The number of likely N-dealkylation sites (N-methyl/N-ethyl adjacent to an activating group) is 1. The first kappa shape index (κ1) is 21.8. The minimum absolute atomic E-state index is 0.192. The van der Waals surface area contributed by atoms with Gasteiger partial charge in [-0.05, 0) is 56.5 Å². The predicted molar refractivity (Wildman–Crippen MR) is 126 cm³/mol. The van der Waals surface area contributed by atoms with Crippen molar-refractivity contribution in [2.45, 2.75) is 39.8 Å². The van der Waals surface area contributed by atoms with E-state index in [-0.39, 0.29) is 11.9 Å². The van der Waals surface area contributed by atoms with Gasteiger partial charge in [0.2, 0.25) is 0 Å². The molecule has 2 unspecified atom stereocenters. The van der Waals surface area contributed by atoms with Crippen LogP contribution in [-0.2, 0) is 4.79 Å². The number of rotatable bonds is 5. The van der Waals surface area contributed by atoms with Crippen molar-refractivity contribution in [1.29, 1.82) is 0 Å². The fourth-order valence-electron chi connectivity index (χ4n) is 4.28. The lowest BCUT2D eigenvalue weighted by atomic mass is 9.91. The summed E-state index contributed by atoms with van der Waals surface area (Å²) in [5.74, 6) is -0.204. The van der Waals surface area contributed by atoms with Crippen LogP contribution in [0.4, 0.5) is 0 Å². The summed E-state index contributed by atoms with van der Waals surface area (Å²) in [4.78, 5) is 30.3. The number of carbonyl (C=O) groups is 2. The second kappa shape index (κ2) is 8.24. The largest absolute Gasteiger partial charge is 0.332 e. The van der Waals surface area contributed by atoms with E-state index in [0.717, 1.165) is 34.4 Å². The van der Waals surface area contributed by atoms with Gasteiger partial charge in [0.1, 0.15) is 11.9 Å². The van der Waals surface area contributed by atoms with Crippen molar-refractivity contribution in [2.75, 3.05) is 14.1 Å². The third-order valence-corrected chi connectivity index (χ3v) is 6.26. The molecule has 3 heterocycles. The SMILES string of the molecule is Cc1cccc(C2=CN(C)NC2C)c1-c1nc2cc(C(=O)N(C)C(C)C=O)ccn2c1C. The molecule has 1 N–H and O–H groups in total. The van der Waals surface area contributed by atoms with Crippen molar-refractivity contribution in [2.24, 2.45) is 0 Å². The van der Waals surface area contributed by atoms with E-state index in [1.165, 1.54) is 10.5 Å². The number of hydrogen-bond donors (Lipinski definition) is 1. The third-order valence-electron chi connectivity index (χ3n) is 6.26. The van der Waals surface area contributed by atoms with E-state index in [1.807, 2.05) is 29.6 Å². The molecule has 1 aliphatic heterocycles. The van der Waals surface area contributed by atoms with Crippen LogP contribution in [0.15, 0.2) is 42.7 Å². The van der Waals surface area contributed by atoms with Gasteiger partial charge in [0.15, 0.2) is 0 Å². The maximum Gasteiger partial charge on any atom is 0.254 e. The quantitative estimate of drug-likeness (QED) is 0.627. The Labute approximate surface area is 188 Å². The summed E-state index contributed by atoms with van der Waals surface area (Å²) in [6, 6.07) is 9.59. The van der Waals surface area contributed by atoms with E-state index in [9.17, 15) is 9.59 Å². The van der Waals surface area contributed by atoms with Gasteiger partial charge in [-0.1, -0.05) is 18.2 Å². The minimum atomic E-state index is -0.487. The molecule has 4 rings (SSSR count). The molecule has 0 saturated heterocycles. The Morgan fingerprint density at radius 2 is 2.03 bits per heavy atom. The Morgan fingerprint density at radius 1 is 1.28 bits per heavy atom. The van der Waals surface area contributed by atoms with Crippen LogP contribution in [0, 0.1) is 13.8 Å². The number of aromatic nitrogens is 2. The normalized spacial score (nSPS) is 16.9. The van der Waals surface area contributed by atoms with Gasteiger partial charge in [-0.25, -0.2) is 10.4 Å². The number of nitrogens with zero attached hydrogens (tertiary/aromatic N) is 4. The number of benzene rings is 1. The smallest absolute Gasteiger partial charge is 0.254 e. The van der Waals surface area contributed by atoms with Gasteiger partial charge >= 0.3 is 0 Å². The zero-order chi connectivity index (χ0) is 23.2. The van der Waals surface area contributed by atoms with Gasteiger partial charge < -0.3 is 19.1 Å². The molecule has 7 heteroatoms. The molecule has 0 spiro atoms. The highest BCUT2D eigenvalue weighted by Gasteiger charge is 2.25. The van der Waals surface area contributed by atoms with Crippen molar-refractivity contribution in [3.05, 3.63) is 65.1 Å². The molecule has 3 aromatic rings. The lowest BCUT2D eigenvalue weighted by molar-refractivity contribution is -0.110. The van der Waals surface area contributed by atoms with E-state index in [1.54, 1.807) is 26.1 Å². The average molecular weight is 432 g/mol. The van der Waals surface area contributed by atoms with Crippen LogP contribution in [0.5, 0.6) is 0 Å². The van der Waals surface area contributed by atoms with Crippen LogP contribution in [-0.4, -0.2) is 57.7 Å². The Kier molecular flexibility index (Phi) is 5.60. The molecule has 0 aliphatic carbocycles. The first-order chi connectivity index (χ1) is 15.2. The number of aryl methyl sites for hydroxylation is 2. The van der Waals surface area contributed by atoms with Gasteiger partial charge in [0.05, 0.1) is 17.8 Å². The second-order valence-corrected chi connectivity index (χ2v) is 8.53. The number of fused-ring (bicyclic) bond motifs is 1. The molecule has 2 aromatic heterocycles. The van der Waals surface area contributed by atoms with E-state index < -0.39 is 6.04 Å². The number of hydrogen-bond acceptors (Lipinski definition) is 5. The summed E-state index contributed by atoms with van der Waals surface area (Å²) in [6.45, 7) is 7.99. The Balaban J connectivity index is 1.84. The third kappa shape index (κ3) is 3.58. The van der Waals surface area contributed by atoms with Crippen LogP contribution < -0.4 is 5.43 Å². The fraction of sp³-hybridized carbons (Fsp3) is 0.320. The van der Waals surface area contributed by atoms with E-state index in [0.29, 0.717) is 11.2 Å². The maximum atomic E-state index is 12.8. The van der Waals surface area contributed by atoms with Crippen molar-refractivity contribution < 1.29 is 9.59 Å². The molecule has 0 saturated carbocycles. The molecule has 0 radical (unpaired) electrons. The predicted octanol–water partition coefficient (Wildman–Crippen LogP) is 3.46. The molecule has 32 heavy (non-hydrogen) atoms. The highest BCUT2D eigenvalue weighted by atomic mass is 16.2.